The Morgan fingerprint density at radius 3 is 2.50 bits per heavy atom. The Kier molecular flexibility index (Phi) is 5.42. The van der Waals surface area contributed by atoms with Crippen LogP contribution in [0.3, 0.4) is 0 Å². The molecule has 5 heteroatoms. The van der Waals surface area contributed by atoms with E-state index in [0.29, 0.717) is 12.8 Å². The molecule has 1 aromatic carbocycles. The molecule has 0 unspecified atom stereocenters. The van der Waals surface area contributed by atoms with Crippen molar-refractivity contribution in [3.8, 4) is 0 Å². The van der Waals surface area contributed by atoms with Crippen molar-refractivity contribution in [2.24, 2.45) is 0 Å². The Hall–Kier alpha value is -1.78. The molecule has 1 rings (SSSR count). The molecule has 98 valence electrons. The van der Waals surface area contributed by atoms with E-state index in [1.165, 1.54) is 19.2 Å². The van der Waals surface area contributed by atoms with Gasteiger partial charge in [-0.2, -0.15) is 0 Å². The van der Waals surface area contributed by atoms with E-state index in [1.807, 2.05) is 0 Å². The van der Waals surface area contributed by atoms with Crippen LogP contribution in [-0.4, -0.2) is 18.9 Å². The van der Waals surface area contributed by atoms with Crippen LogP contribution in [0, 0.1) is 11.6 Å². The van der Waals surface area contributed by atoms with Gasteiger partial charge in [-0.3, -0.25) is 9.59 Å². The number of ether oxygens (including phenoxy) is 1. The molecule has 3 nitrogen and oxygen atoms in total. The minimum Gasteiger partial charge on any atom is -0.469 e. The number of esters is 1. The van der Waals surface area contributed by atoms with Gasteiger partial charge in [-0.25, -0.2) is 8.78 Å². The van der Waals surface area contributed by atoms with Crippen molar-refractivity contribution in [1.29, 1.82) is 0 Å². The van der Waals surface area contributed by atoms with Crippen molar-refractivity contribution < 1.29 is 23.1 Å². The molecule has 0 aliphatic carbocycles. The monoisotopic (exact) mass is 256 g/mol. The van der Waals surface area contributed by atoms with E-state index in [-0.39, 0.29) is 24.4 Å². The lowest BCUT2D eigenvalue weighted by Crippen LogP contribution is -2.05. The molecule has 18 heavy (non-hydrogen) atoms. The second kappa shape index (κ2) is 6.83. The van der Waals surface area contributed by atoms with E-state index in [4.69, 9.17) is 0 Å². The minimum atomic E-state index is -1.12. The van der Waals surface area contributed by atoms with Gasteiger partial charge < -0.3 is 4.74 Å². The van der Waals surface area contributed by atoms with Crippen molar-refractivity contribution in [2.75, 3.05) is 7.11 Å². The third-order valence-corrected chi connectivity index (χ3v) is 2.51. The van der Waals surface area contributed by atoms with Gasteiger partial charge in [0.1, 0.15) is 0 Å². The molecule has 0 aliphatic heterocycles. The predicted octanol–water partition coefficient (Wildman–Crippen LogP) is 2.88. The smallest absolute Gasteiger partial charge is 0.305 e. The topological polar surface area (TPSA) is 43.4 Å². The van der Waals surface area contributed by atoms with Crippen molar-refractivity contribution in [3.63, 3.8) is 0 Å². The fourth-order valence-electron chi connectivity index (χ4n) is 1.51. The molecule has 0 saturated carbocycles. The summed E-state index contributed by atoms with van der Waals surface area (Å²) in [5, 5.41) is 0. The summed E-state index contributed by atoms with van der Waals surface area (Å²) in [7, 11) is 1.29. The van der Waals surface area contributed by atoms with E-state index in [0.717, 1.165) is 6.07 Å². The first-order valence-electron chi connectivity index (χ1n) is 5.60. The summed E-state index contributed by atoms with van der Waals surface area (Å²) in [5.41, 5.74) is -0.243. The van der Waals surface area contributed by atoms with Gasteiger partial charge in [0.2, 0.25) is 0 Å². The largest absolute Gasteiger partial charge is 0.469 e. The van der Waals surface area contributed by atoms with Gasteiger partial charge >= 0.3 is 5.97 Å². The second-order valence-corrected chi connectivity index (χ2v) is 3.81. The van der Waals surface area contributed by atoms with Gasteiger partial charge in [0.05, 0.1) is 12.7 Å². The third kappa shape index (κ3) is 3.91. The van der Waals surface area contributed by atoms with E-state index >= 15 is 0 Å². The average molecular weight is 256 g/mol. The predicted molar refractivity (Wildman–Crippen MR) is 61.2 cm³/mol. The highest BCUT2D eigenvalue weighted by atomic mass is 19.2. The average Bonchev–Trinajstić information content (AvgIpc) is 2.37. The molecule has 0 radical (unpaired) electrons. The summed E-state index contributed by atoms with van der Waals surface area (Å²) in [6.07, 6.45) is 1.21. The fraction of sp³-hybridized carbons (Fsp3) is 0.385. The lowest BCUT2D eigenvalue weighted by molar-refractivity contribution is -0.140. The van der Waals surface area contributed by atoms with Crippen molar-refractivity contribution >= 4 is 11.8 Å². The van der Waals surface area contributed by atoms with Crippen LogP contribution in [0.4, 0.5) is 8.78 Å². The summed E-state index contributed by atoms with van der Waals surface area (Å²) < 4.78 is 30.6. The van der Waals surface area contributed by atoms with Crippen LogP contribution in [0.2, 0.25) is 0 Å². The quantitative estimate of drug-likeness (QED) is 0.446. The molecule has 0 amide bonds. The standard InChI is InChI=1S/C13H14F2O3/c1-18-12(17)8-3-2-7-11(16)9-5-4-6-10(14)13(9)15/h4-6H,2-3,7-8H2,1H3. The van der Waals surface area contributed by atoms with Gasteiger partial charge in [0.15, 0.2) is 17.4 Å². The highest BCUT2D eigenvalue weighted by Crippen LogP contribution is 2.15. The first kappa shape index (κ1) is 14.3. The molecule has 0 spiro atoms. The number of Topliss-reactive ketones (excluding diaryl/α,β-unsaturated/α-hetero) is 1. The van der Waals surface area contributed by atoms with E-state index < -0.39 is 17.4 Å². The van der Waals surface area contributed by atoms with Crippen LogP contribution in [-0.2, 0) is 9.53 Å². The number of unbranched alkanes of at least 4 members (excludes halogenated alkanes) is 1. The summed E-state index contributed by atoms with van der Waals surface area (Å²) in [4.78, 5) is 22.4. The number of halogens is 2. The van der Waals surface area contributed by atoms with E-state index in [2.05, 4.69) is 4.74 Å². The first-order valence-corrected chi connectivity index (χ1v) is 5.60. The zero-order valence-electron chi connectivity index (χ0n) is 10.0. The number of hydrogen-bond donors (Lipinski definition) is 0. The van der Waals surface area contributed by atoms with E-state index in [9.17, 15) is 18.4 Å². The molecular formula is C13H14F2O3. The zero-order valence-corrected chi connectivity index (χ0v) is 10.0. The van der Waals surface area contributed by atoms with Crippen LogP contribution in [0.5, 0.6) is 0 Å². The van der Waals surface area contributed by atoms with Crippen LogP contribution in [0.15, 0.2) is 18.2 Å². The highest BCUT2D eigenvalue weighted by Gasteiger charge is 2.14. The molecule has 0 heterocycles. The summed E-state index contributed by atoms with van der Waals surface area (Å²) in [6, 6.07) is 3.50. The second-order valence-electron chi connectivity index (χ2n) is 3.81. The maximum Gasteiger partial charge on any atom is 0.305 e. The molecule has 0 fully saturated rings. The van der Waals surface area contributed by atoms with Gasteiger partial charge in [0.25, 0.3) is 0 Å². The Morgan fingerprint density at radius 2 is 1.83 bits per heavy atom. The lowest BCUT2D eigenvalue weighted by atomic mass is 10.0. The van der Waals surface area contributed by atoms with Gasteiger partial charge in [-0.05, 0) is 25.0 Å². The number of benzene rings is 1. The first-order chi connectivity index (χ1) is 8.56. The molecule has 0 saturated heterocycles. The molecule has 0 aromatic heterocycles. The Bertz CT molecular complexity index is 444. The number of methoxy groups -OCH3 is 1. The van der Waals surface area contributed by atoms with Crippen molar-refractivity contribution in [3.05, 3.63) is 35.4 Å². The maximum absolute atomic E-state index is 13.3. The highest BCUT2D eigenvalue weighted by molar-refractivity contribution is 5.96. The zero-order chi connectivity index (χ0) is 13.5. The van der Waals surface area contributed by atoms with Crippen LogP contribution < -0.4 is 0 Å². The Morgan fingerprint density at radius 1 is 1.17 bits per heavy atom. The van der Waals surface area contributed by atoms with Gasteiger partial charge in [0, 0.05) is 12.8 Å². The lowest BCUT2D eigenvalue weighted by Gasteiger charge is -2.03. The maximum atomic E-state index is 13.3. The number of ketones is 1. The van der Waals surface area contributed by atoms with E-state index in [1.54, 1.807) is 0 Å². The fourth-order valence-corrected chi connectivity index (χ4v) is 1.51. The molecule has 0 bridgehead atoms. The number of carbonyl (C=O) groups is 2. The van der Waals surface area contributed by atoms with Gasteiger partial charge in [-0.1, -0.05) is 6.07 Å². The normalized spacial score (nSPS) is 10.2. The summed E-state index contributed by atoms with van der Waals surface area (Å²) in [5.74, 6) is -2.96. The van der Waals surface area contributed by atoms with Crippen molar-refractivity contribution in [1.82, 2.24) is 0 Å². The van der Waals surface area contributed by atoms with Crippen molar-refractivity contribution in [2.45, 2.75) is 25.7 Å². The van der Waals surface area contributed by atoms with Crippen LogP contribution in [0.25, 0.3) is 0 Å². The number of carbonyl (C=O) groups excluding carboxylic acids is 2. The molecule has 0 aliphatic rings. The van der Waals surface area contributed by atoms with Crippen LogP contribution >= 0.6 is 0 Å². The number of hydrogen-bond acceptors (Lipinski definition) is 3. The third-order valence-electron chi connectivity index (χ3n) is 2.51. The minimum absolute atomic E-state index is 0.0807. The molecule has 0 atom stereocenters. The number of rotatable bonds is 6. The van der Waals surface area contributed by atoms with Gasteiger partial charge in [-0.15, -0.1) is 0 Å². The SMILES string of the molecule is COC(=O)CCCCC(=O)c1cccc(F)c1F. The Balaban J connectivity index is 2.46. The molecule has 0 N–H and O–H groups in total. The Labute approximate surface area is 104 Å². The summed E-state index contributed by atoms with van der Waals surface area (Å²) in [6.45, 7) is 0. The summed E-state index contributed by atoms with van der Waals surface area (Å²) >= 11 is 0. The van der Waals surface area contributed by atoms with Crippen LogP contribution in [0.1, 0.15) is 36.0 Å². The molecule has 1 aromatic rings. The molecular weight excluding hydrogens is 242 g/mol.